The second kappa shape index (κ2) is 5.59. The van der Waals surface area contributed by atoms with Crippen molar-refractivity contribution in [2.75, 3.05) is 5.75 Å². The molecule has 2 atom stereocenters. The van der Waals surface area contributed by atoms with E-state index in [2.05, 4.69) is 13.0 Å². The van der Waals surface area contributed by atoms with Crippen LogP contribution in [-0.2, 0) is 0 Å². The summed E-state index contributed by atoms with van der Waals surface area (Å²) in [5.41, 5.74) is 0.868. The minimum absolute atomic E-state index is 0.381. The fourth-order valence-electron chi connectivity index (χ4n) is 2.95. The van der Waals surface area contributed by atoms with Gasteiger partial charge in [0.25, 0.3) is 0 Å². The molecule has 1 N–H and O–H groups in total. The van der Waals surface area contributed by atoms with Crippen molar-refractivity contribution >= 4 is 11.8 Å². The van der Waals surface area contributed by atoms with E-state index in [0.29, 0.717) is 5.25 Å². The fourth-order valence-corrected chi connectivity index (χ4v) is 4.16. The average molecular weight is 240 g/mol. The summed E-state index contributed by atoms with van der Waals surface area (Å²) in [7, 11) is 0. The number of hydrogen-bond acceptors (Lipinski definition) is 2. The molecule has 0 aromatic carbocycles. The van der Waals surface area contributed by atoms with Gasteiger partial charge in [0.2, 0.25) is 0 Å². The van der Waals surface area contributed by atoms with E-state index < -0.39 is 5.60 Å². The number of thioether (sulfide) groups is 1. The van der Waals surface area contributed by atoms with E-state index in [4.69, 9.17) is 0 Å². The minimum Gasteiger partial charge on any atom is -0.384 e. The fraction of sp³-hybridized carbons (Fsp3) is 0.857. The molecule has 2 heteroatoms. The van der Waals surface area contributed by atoms with Gasteiger partial charge in [0.15, 0.2) is 0 Å². The number of aliphatic hydroxyl groups is 1. The van der Waals surface area contributed by atoms with Gasteiger partial charge < -0.3 is 5.11 Å². The summed E-state index contributed by atoms with van der Waals surface area (Å²) in [4.78, 5) is 0. The first-order valence-corrected chi connectivity index (χ1v) is 7.82. The number of hydrogen-bond donors (Lipinski definition) is 1. The second-order valence-electron chi connectivity index (χ2n) is 5.22. The van der Waals surface area contributed by atoms with Crippen LogP contribution in [0.3, 0.4) is 0 Å². The topological polar surface area (TPSA) is 20.2 Å². The van der Waals surface area contributed by atoms with Crippen LogP contribution in [0.25, 0.3) is 0 Å². The van der Waals surface area contributed by atoms with E-state index in [1.165, 1.54) is 49.9 Å². The van der Waals surface area contributed by atoms with Crippen LogP contribution in [0.2, 0.25) is 0 Å². The predicted molar refractivity (Wildman–Crippen MR) is 71.9 cm³/mol. The van der Waals surface area contributed by atoms with Crippen molar-refractivity contribution < 1.29 is 5.11 Å². The first-order valence-electron chi connectivity index (χ1n) is 6.77. The van der Waals surface area contributed by atoms with Gasteiger partial charge in [-0.25, -0.2) is 0 Å². The van der Waals surface area contributed by atoms with Gasteiger partial charge in [-0.2, -0.15) is 11.8 Å². The molecule has 1 nitrogen and oxygen atoms in total. The van der Waals surface area contributed by atoms with Crippen molar-refractivity contribution in [1.29, 1.82) is 0 Å². The van der Waals surface area contributed by atoms with Crippen LogP contribution < -0.4 is 0 Å². The average Bonchev–Trinajstić information content (AvgIpc) is 2.22. The van der Waals surface area contributed by atoms with E-state index in [0.717, 1.165) is 12.8 Å². The second-order valence-corrected chi connectivity index (χ2v) is 6.67. The maximum atomic E-state index is 10.9. The molecule has 92 valence electrons. The third kappa shape index (κ3) is 2.65. The zero-order chi connectivity index (χ0) is 11.4. The lowest BCUT2D eigenvalue weighted by molar-refractivity contribution is 0.0621. The van der Waals surface area contributed by atoms with Crippen molar-refractivity contribution in [3.63, 3.8) is 0 Å². The van der Waals surface area contributed by atoms with Crippen molar-refractivity contribution in [2.24, 2.45) is 0 Å². The summed E-state index contributed by atoms with van der Waals surface area (Å²) in [5, 5.41) is 11.3. The summed E-state index contributed by atoms with van der Waals surface area (Å²) in [6, 6.07) is 0. The molecular weight excluding hydrogens is 216 g/mol. The molecule has 0 aromatic heterocycles. The summed E-state index contributed by atoms with van der Waals surface area (Å²) in [6.07, 6.45) is 12.1. The molecule has 1 aliphatic carbocycles. The van der Waals surface area contributed by atoms with E-state index in [1.54, 1.807) is 0 Å². The van der Waals surface area contributed by atoms with Gasteiger partial charge in [0, 0.05) is 5.25 Å². The highest BCUT2D eigenvalue weighted by molar-refractivity contribution is 8.00. The molecule has 2 aliphatic rings. The molecule has 0 saturated carbocycles. The van der Waals surface area contributed by atoms with E-state index in [9.17, 15) is 5.11 Å². The molecule has 1 fully saturated rings. The molecule has 1 saturated heterocycles. The van der Waals surface area contributed by atoms with Gasteiger partial charge >= 0.3 is 0 Å². The summed E-state index contributed by atoms with van der Waals surface area (Å²) < 4.78 is 0. The third-order valence-electron chi connectivity index (χ3n) is 4.09. The SMILES string of the molecule is CC1SCCCC1(O)C1=CCCCCCC1. The first-order chi connectivity index (χ1) is 7.73. The van der Waals surface area contributed by atoms with E-state index in [-0.39, 0.29) is 0 Å². The number of rotatable bonds is 1. The molecule has 0 bridgehead atoms. The molecule has 1 aliphatic heterocycles. The maximum absolute atomic E-state index is 10.9. The lowest BCUT2D eigenvalue weighted by Crippen LogP contribution is -2.43. The van der Waals surface area contributed by atoms with Gasteiger partial charge in [0.1, 0.15) is 0 Å². The van der Waals surface area contributed by atoms with Gasteiger partial charge in [-0.3, -0.25) is 0 Å². The van der Waals surface area contributed by atoms with Gasteiger partial charge in [0.05, 0.1) is 5.60 Å². The first kappa shape index (κ1) is 12.5. The standard InChI is InChI=1S/C14H24OS/c1-12-14(15,10-7-11-16-12)13-8-5-3-2-4-6-9-13/h8,12,15H,2-7,9-11H2,1H3. The zero-order valence-electron chi connectivity index (χ0n) is 10.4. The Morgan fingerprint density at radius 1 is 1.25 bits per heavy atom. The van der Waals surface area contributed by atoms with Crippen LogP contribution in [0.1, 0.15) is 58.3 Å². The molecule has 1 heterocycles. The Bertz CT molecular complexity index is 261. The van der Waals surface area contributed by atoms with Crippen molar-refractivity contribution in [3.05, 3.63) is 11.6 Å². The highest BCUT2D eigenvalue weighted by Crippen LogP contribution is 2.41. The van der Waals surface area contributed by atoms with Crippen molar-refractivity contribution in [3.8, 4) is 0 Å². The largest absolute Gasteiger partial charge is 0.384 e. The Morgan fingerprint density at radius 3 is 2.88 bits per heavy atom. The highest BCUT2D eigenvalue weighted by atomic mass is 32.2. The van der Waals surface area contributed by atoms with E-state index in [1.807, 2.05) is 11.8 Å². The Labute approximate surface area is 104 Å². The molecule has 16 heavy (non-hydrogen) atoms. The molecule has 2 unspecified atom stereocenters. The summed E-state index contributed by atoms with van der Waals surface area (Å²) >= 11 is 1.94. The summed E-state index contributed by atoms with van der Waals surface area (Å²) in [5.74, 6) is 1.22. The molecule has 0 radical (unpaired) electrons. The van der Waals surface area contributed by atoms with Crippen LogP contribution in [-0.4, -0.2) is 21.7 Å². The Balaban J connectivity index is 2.12. The van der Waals surface area contributed by atoms with Crippen LogP contribution in [0, 0.1) is 0 Å². The van der Waals surface area contributed by atoms with Gasteiger partial charge in [-0.1, -0.05) is 25.8 Å². The Morgan fingerprint density at radius 2 is 2.06 bits per heavy atom. The van der Waals surface area contributed by atoms with Crippen LogP contribution >= 0.6 is 11.8 Å². The Kier molecular flexibility index (Phi) is 4.37. The number of allylic oxidation sites excluding steroid dienone is 1. The van der Waals surface area contributed by atoms with Crippen LogP contribution in [0.4, 0.5) is 0 Å². The maximum Gasteiger partial charge on any atom is 0.0972 e. The minimum atomic E-state index is -0.486. The third-order valence-corrected chi connectivity index (χ3v) is 5.50. The van der Waals surface area contributed by atoms with Gasteiger partial charge in [-0.05, 0) is 49.9 Å². The Hall–Kier alpha value is 0.0500. The molecular formula is C14H24OS. The lowest BCUT2D eigenvalue weighted by atomic mass is 9.81. The van der Waals surface area contributed by atoms with Crippen LogP contribution in [0.15, 0.2) is 11.6 Å². The zero-order valence-corrected chi connectivity index (χ0v) is 11.2. The quantitative estimate of drug-likeness (QED) is 0.701. The molecule has 0 aromatic rings. The van der Waals surface area contributed by atoms with Crippen LogP contribution in [0.5, 0.6) is 0 Å². The molecule has 0 amide bonds. The summed E-state index contributed by atoms with van der Waals surface area (Å²) in [6.45, 7) is 2.20. The smallest absolute Gasteiger partial charge is 0.0972 e. The molecule has 2 rings (SSSR count). The molecule has 0 spiro atoms. The van der Waals surface area contributed by atoms with Crippen molar-refractivity contribution in [2.45, 2.75) is 69.1 Å². The monoisotopic (exact) mass is 240 g/mol. The normalized spacial score (nSPS) is 37.4. The predicted octanol–water partition coefficient (Wildman–Crippen LogP) is 3.91. The van der Waals surface area contributed by atoms with Gasteiger partial charge in [-0.15, -0.1) is 0 Å². The van der Waals surface area contributed by atoms with Crippen molar-refractivity contribution in [1.82, 2.24) is 0 Å². The highest BCUT2D eigenvalue weighted by Gasteiger charge is 2.39. The lowest BCUT2D eigenvalue weighted by Gasteiger charge is -2.40. The van der Waals surface area contributed by atoms with E-state index >= 15 is 0 Å².